The van der Waals surface area contributed by atoms with E-state index in [1.165, 1.54) is 0 Å². The van der Waals surface area contributed by atoms with E-state index in [4.69, 9.17) is 4.74 Å². The Morgan fingerprint density at radius 3 is 2.27 bits per heavy atom. The quantitative estimate of drug-likeness (QED) is 0.674. The van der Waals surface area contributed by atoms with Gasteiger partial charge in [0.1, 0.15) is 11.8 Å². The van der Waals surface area contributed by atoms with E-state index in [2.05, 4.69) is 11.4 Å². The predicted octanol–water partition coefficient (Wildman–Crippen LogP) is 4.19. The lowest BCUT2D eigenvalue weighted by molar-refractivity contribution is -0.141. The minimum Gasteiger partial charge on any atom is -0.497 e. The Kier molecular flexibility index (Phi) is 8.46. The van der Waals surface area contributed by atoms with Crippen LogP contribution in [0.2, 0.25) is 0 Å². The van der Waals surface area contributed by atoms with E-state index in [1.807, 2.05) is 71.0 Å². The highest BCUT2D eigenvalue weighted by Crippen LogP contribution is 2.19. The highest BCUT2D eigenvalue weighted by Gasteiger charge is 2.29. The molecule has 5 nitrogen and oxygen atoms in total. The fraction of sp³-hybridized carbons (Fsp3) is 0.440. The number of rotatable bonds is 9. The molecule has 1 atom stereocenters. The number of carbonyl (C=O) groups excluding carboxylic acids is 2. The van der Waals surface area contributed by atoms with Crippen molar-refractivity contribution in [2.24, 2.45) is 0 Å². The fourth-order valence-electron chi connectivity index (χ4n) is 3.71. The molecule has 2 amide bonds. The highest BCUT2D eigenvalue weighted by atomic mass is 16.5. The zero-order valence-electron chi connectivity index (χ0n) is 19.0. The molecule has 1 unspecified atom stereocenters. The maximum absolute atomic E-state index is 13.4. The van der Waals surface area contributed by atoms with Gasteiger partial charge in [-0.15, -0.1) is 0 Å². The summed E-state index contributed by atoms with van der Waals surface area (Å²) < 4.78 is 5.32. The number of methoxy groups -OCH3 is 1. The second-order valence-electron chi connectivity index (χ2n) is 8.13. The molecular formula is C25H34N2O3. The first-order valence-electron chi connectivity index (χ1n) is 10.5. The van der Waals surface area contributed by atoms with Gasteiger partial charge in [0.15, 0.2) is 0 Å². The van der Waals surface area contributed by atoms with E-state index in [1.54, 1.807) is 12.0 Å². The lowest BCUT2D eigenvalue weighted by Crippen LogP contribution is -2.50. The zero-order chi connectivity index (χ0) is 22.3. The van der Waals surface area contributed by atoms with E-state index in [-0.39, 0.29) is 24.3 Å². The Balaban J connectivity index is 2.34. The van der Waals surface area contributed by atoms with Gasteiger partial charge in [-0.2, -0.15) is 0 Å². The molecule has 0 spiro atoms. The van der Waals surface area contributed by atoms with Gasteiger partial charge < -0.3 is 15.0 Å². The van der Waals surface area contributed by atoms with Gasteiger partial charge in [-0.25, -0.2) is 0 Å². The van der Waals surface area contributed by atoms with Gasteiger partial charge in [0.25, 0.3) is 0 Å². The Labute approximate surface area is 180 Å². The molecule has 0 aliphatic rings. The maximum Gasteiger partial charge on any atom is 0.243 e. The minimum atomic E-state index is -0.531. The summed E-state index contributed by atoms with van der Waals surface area (Å²) in [6.07, 6.45) is 0.805. The van der Waals surface area contributed by atoms with Crippen molar-refractivity contribution in [3.05, 3.63) is 64.7 Å². The number of carbonyl (C=O) groups is 2. The van der Waals surface area contributed by atoms with Crippen molar-refractivity contribution in [2.75, 3.05) is 7.11 Å². The normalized spacial score (nSPS) is 11.8. The molecule has 0 heterocycles. The van der Waals surface area contributed by atoms with E-state index < -0.39 is 6.04 Å². The van der Waals surface area contributed by atoms with E-state index in [0.717, 1.165) is 28.0 Å². The summed E-state index contributed by atoms with van der Waals surface area (Å²) in [6.45, 7) is 10.2. The van der Waals surface area contributed by atoms with E-state index in [9.17, 15) is 9.59 Å². The number of aryl methyl sites for hydroxylation is 2. The van der Waals surface area contributed by atoms with Gasteiger partial charge >= 0.3 is 0 Å². The Morgan fingerprint density at radius 2 is 1.70 bits per heavy atom. The third-order valence-corrected chi connectivity index (χ3v) is 4.94. The smallest absolute Gasteiger partial charge is 0.243 e. The van der Waals surface area contributed by atoms with Gasteiger partial charge in [0.05, 0.1) is 13.5 Å². The summed E-state index contributed by atoms with van der Waals surface area (Å²) in [6, 6.07) is 13.3. The van der Waals surface area contributed by atoms with Crippen LogP contribution in [0.3, 0.4) is 0 Å². The molecule has 0 fully saturated rings. The van der Waals surface area contributed by atoms with Crippen molar-refractivity contribution in [1.82, 2.24) is 10.2 Å². The van der Waals surface area contributed by atoms with Crippen LogP contribution in [0.5, 0.6) is 5.75 Å². The van der Waals surface area contributed by atoms with Crippen LogP contribution in [0.15, 0.2) is 42.5 Å². The molecule has 0 aliphatic carbocycles. The molecule has 5 heteroatoms. The first-order chi connectivity index (χ1) is 14.2. The Bertz CT molecular complexity index is 856. The molecule has 2 aromatic rings. The zero-order valence-corrected chi connectivity index (χ0v) is 19.0. The molecule has 2 aromatic carbocycles. The average Bonchev–Trinajstić information content (AvgIpc) is 2.66. The summed E-state index contributed by atoms with van der Waals surface area (Å²) in [5, 5.41) is 2.96. The van der Waals surface area contributed by atoms with Crippen LogP contribution in [-0.2, 0) is 22.6 Å². The van der Waals surface area contributed by atoms with Crippen molar-refractivity contribution < 1.29 is 14.3 Å². The van der Waals surface area contributed by atoms with Crippen LogP contribution in [0.1, 0.15) is 49.4 Å². The van der Waals surface area contributed by atoms with Crippen molar-refractivity contribution in [2.45, 2.75) is 66.1 Å². The third kappa shape index (κ3) is 6.61. The first-order valence-corrected chi connectivity index (χ1v) is 10.5. The predicted molar refractivity (Wildman–Crippen MR) is 121 cm³/mol. The number of benzene rings is 2. The average molecular weight is 411 g/mol. The van der Waals surface area contributed by atoms with E-state index >= 15 is 0 Å². The number of nitrogens with one attached hydrogen (secondary N) is 1. The second kappa shape index (κ2) is 10.8. The highest BCUT2D eigenvalue weighted by molar-refractivity contribution is 5.88. The number of ether oxygens (including phenoxy) is 1. The van der Waals surface area contributed by atoms with E-state index in [0.29, 0.717) is 13.0 Å². The summed E-state index contributed by atoms with van der Waals surface area (Å²) in [5.41, 5.74) is 4.15. The van der Waals surface area contributed by atoms with Crippen LogP contribution in [0.25, 0.3) is 0 Å². The van der Waals surface area contributed by atoms with Gasteiger partial charge in [0.2, 0.25) is 11.8 Å². The Hall–Kier alpha value is -2.82. The summed E-state index contributed by atoms with van der Waals surface area (Å²) >= 11 is 0. The molecule has 0 bridgehead atoms. The van der Waals surface area contributed by atoms with Gasteiger partial charge in [-0.05, 0) is 57.4 Å². The topological polar surface area (TPSA) is 58.6 Å². The van der Waals surface area contributed by atoms with Gasteiger partial charge in [-0.3, -0.25) is 9.59 Å². The van der Waals surface area contributed by atoms with Gasteiger partial charge in [0, 0.05) is 12.6 Å². The van der Waals surface area contributed by atoms with Gasteiger partial charge in [-0.1, -0.05) is 48.4 Å². The Morgan fingerprint density at radius 1 is 1.03 bits per heavy atom. The fourth-order valence-corrected chi connectivity index (χ4v) is 3.71. The van der Waals surface area contributed by atoms with Crippen molar-refractivity contribution in [1.29, 1.82) is 0 Å². The molecule has 0 aromatic heterocycles. The second-order valence-corrected chi connectivity index (χ2v) is 8.13. The van der Waals surface area contributed by atoms with Crippen LogP contribution in [-0.4, -0.2) is 35.9 Å². The molecule has 162 valence electrons. The lowest BCUT2D eigenvalue weighted by atomic mass is 10.0. The third-order valence-electron chi connectivity index (χ3n) is 4.94. The molecule has 30 heavy (non-hydrogen) atoms. The largest absolute Gasteiger partial charge is 0.497 e. The molecule has 0 radical (unpaired) electrons. The summed E-state index contributed by atoms with van der Waals surface area (Å²) in [7, 11) is 1.62. The minimum absolute atomic E-state index is 0.0137. The summed E-state index contributed by atoms with van der Waals surface area (Å²) in [4.78, 5) is 28.0. The van der Waals surface area contributed by atoms with Crippen LogP contribution >= 0.6 is 0 Å². The SMILES string of the molecule is CCC(C(=O)NC(C)C)N(Cc1cccc(OC)c1)C(=O)Cc1cc(C)cc(C)c1. The van der Waals surface area contributed by atoms with Crippen LogP contribution < -0.4 is 10.1 Å². The number of hydrogen-bond acceptors (Lipinski definition) is 3. The van der Waals surface area contributed by atoms with Crippen LogP contribution in [0.4, 0.5) is 0 Å². The number of hydrogen-bond donors (Lipinski definition) is 1. The standard InChI is InChI=1S/C25H34N2O3/c1-7-23(25(29)26-17(2)3)27(16-20-9-8-10-22(14-20)30-6)24(28)15-21-12-18(4)11-19(5)13-21/h8-14,17,23H,7,15-16H2,1-6H3,(H,26,29). The molecule has 2 rings (SSSR count). The number of amides is 2. The van der Waals surface area contributed by atoms with Crippen LogP contribution in [0, 0.1) is 13.8 Å². The number of nitrogens with zero attached hydrogens (tertiary/aromatic N) is 1. The van der Waals surface area contributed by atoms with Crippen molar-refractivity contribution >= 4 is 11.8 Å². The molecule has 0 saturated heterocycles. The molecule has 1 N–H and O–H groups in total. The molecular weight excluding hydrogens is 376 g/mol. The molecule has 0 aliphatic heterocycles. The van der Waals surface area contributed by atoms with Crippen molar-refractivity contribution in [3.63, 3.8) is 0 Å². The monoisotopic (exact) mass is 410 g/mol. The maximum atomic E-state index is 13.4. The first kappa shape index (κ1) is 23.5. The summed E-state index contributed by atoms with van der Waals surface area (Å²) in [5.74, 6) is 0.548. The molecule has 0 saturated carbocycles. The van der Waals surface area contributed by atoms with Crippen molar-refractivity contribution in [3.8, 4) is 5.75 Å². The lowest BCUT2D eigenvalue weighted by Gasteiger charge is -2.31.